The molecule has 1 N–H and O–H groups in total. The van der Waals surface area contributed by atoms with Crippen molar-refractivity contribution in [2.75, 3.05) is 0 Å². The summed E-state index contributed by atoms with van der Waals surface area (Å²) in [5.41, 5.74) is 3.09. The van der Waals surface area contributed by atoms with E-state index in [2.05, 4.69) is 11.1 Å². The predicted molar refractivity (Wildman–Crippen MR) is 72.3 cm³/mol. The molecule has 1 aromatic carbocycles. The highest BCUT2D eigenvalue weighted by Gasteiger charge is 2.07. The van der Waals surface area contributed by atoms with E-state index in [-0.39, 0.29) is 5.56 Å². The van der Waals surface area contributed by atoms with Gasteiger partial charge in [-0.05, 0) is 24.3 Å². The molecule has 0 saturated heterocycles. The van der Waals surface area contributed by atoms with Crippen LogP contribution in [0.4, 0.5) is 0 Å². The number of fused-ring (bicyclic) bond motifs is 1. The van der Waals surface area contributed by atoms with Gasteiger partial charge in [0.05, 0.1) is 22.9 Å². The lowest BCUT2D eigenvalue weighted by Gasteiger charge is -1.95. The van der Waals surface area contributed by atoms with Gasteiger partial charge in [-0.3, -0.25) is 0 Å². The van der Waals surface area contributed by atoms with E-state index in [9.17, 15) is 4.79 Å². The minimum Gasteiger partial charge on any atom is -0.478 e. The zero-order valence-corrected chi connectivity index (χ0v) is 10.3. The molecule has 0 spiro atoms. The fourth-order valence-electron chi connectivity index (χ4n) is 1.97. The number of nitrogens with zero attached hydrogens (tertiary/aromatic N) is 3. The smallest absolute Gasteiger partial charge is 0.337 e. The van der Waals surface area contributed by atoms with E-state index in [0.29, 0.717) is 11.2 Å². The van der Waals surface area contributed by atoms with Crippen molar-refractivity contribution in [3.8, 4) is 17.3 Å². The monoisotopic (exact) mass is 263 g/mol. The number of carboxylic acids is 1. The van der Waals surface area contributed by atoms with E-state index in [1.165, 1.54) is 12.3 Å². The van der Waals surface area contributed by atoms with E-state index in [4.69, 9.17) is 10.4 Å². The van der Waals surface area contributed by atoms with Crippen molar-refractivity contribution in [2.45, 2.75) is 0 Å². The maximum Gasteiger partial charge on any atom is 0.337 e. The van der Waals surface area contributed by atoms with Crippen LogP contribution >= 0.6 is 0 Å². The van der Waals surface area contributed by atoms with Crippen molar-refractivity contribution in [3.05, 3.63) is 59.9 Å². The van der Waals surface area contributed by atoms with Crippen LogP contribution < -0.4 is 0 Å². The first-order valence-corrected chi connectivity index (χ1v) is 5.90. The molecule has 5 heteroatoms. The van der Waals surface area contributed by atoms with Crippen molar-refractivity contribution in [2.24, 2.45) is 0 Å². The van der Waals surface area contributed by atoms with E-state index in [1.54, 1.807) is 28.8 Å². The Morgan fingerprint density at radius 2 is 1.90 bits per heavy atom. The number of aromatic nitrogens is 2. The number of benzene rings is 1. The van der Waals surface area contributed by atoms with Crippen molar-refractivity contribution in [1.82, 2.24) is 9.38 Å². The first kappa shape index (κ1) is 11.9. The summed E-state index contributed by atoms with van der Waals surface area (Å²) in [5.74, 6) is -0.972. The van der Waals surface area contributed by atoms with Crippen LogP contribution in [-0.2, 0) is 0 Å². The highest BCUT2D eigenvalue weighted by Crippen LogP contribution is 2.20. The predicted octanol–water partition coefficient (Wildman–Crippen LogP) is 2.57. The van der Waals surface area contributed by atoms with Gasteiger partial charge in [0, 0.05) is 18.0 Å². The van der Waals surface area contributed by atoms with Gasteiger partial charge < -0.3 is 9.51 Å². The number of imidazole rings is 1. The number of carbonyl (C=O) groups is 1. The molecule has 0 aliphatic rings. The van der Waals surface area contributed by atoms with Crippen LogP contribution in [0.25, 0.3) is 16.9 Å². The molecular formula is C15H9N3O2. The summed E-state index contributed by atoms with van der Waals surface area (Å²) in [6.07, 6.45) is 3.29. The van der Waals surface area contributed by atoms with Gasteiger partial charge in [-0.15, -0.1) is 0 Å². The summed E-state index contributed by atoms with van der Waals surface area (Å²) in [6.45, 7) is 0. The molecule has 96 valence electrons. The molecule has 0 aliphatic heterocycles. The lowest BCUT2D eigenvalue weighted by Crippen LogP contribution is -1.97. The van der Waals surface area contributed by atoms with Gasteiger partial charge in [0.2, 0.25) is 0 Å². The molecule has 0 aliphatic carbocycles. The van der Waals surface area contributed by atoms with Gasteiger partial charge >= 0.3 is 5.97 Å². The fraction of sp³-hybridized carbons (Fsp3) is 0. The van der Waals surface area contributed by atoms with Crippen molar-refractivity contribution >= 4 is 11.6 Å². The van der Waals surface area contributed by atoms with Gasteiger partial charge in [0.1, 0.15) is 5.65 Å². The summed E-state index contributed by atoms with van der Waals surface area (Å²) >= 11 is 0. The third kappa shape index (κ3) is 1.99. The highest BCUT2D eigenvalue weighted by atomic mass is 16.4. The first-order valence-electron chi connectivity index (χ1n) is 5.90. The second-order valence-electron chi connectivity index (χ2n) is 4.30. The Hall–Kier alpha value is -3.13. The van der Waals surface area contributed by atoms with Crippen LogP contribution in [0, 0.1) is 11.3 Å². The maximum atomic E-state index is 10.9. The first-order chi connectivity index (χ1) is 9.67. The molecule has 3 aromatic rings. The van der Waals surface area contributed by atoms with Gasteiger partial charge in [-0.2, -0.15) is 5.26 Å². The molecule has 2 heterocycles. The third-order valence-corrected chi connectivity index (χ3v) is 3.01. The van der Waals surface area contributed by atoms with Gasteiger partial charge in [-0.25, -0.2) is 9.78 Å². The second-order valence-corrected chi connectivity index (χ2v) is 4.30. The van der Waals surface area contributed by atoms with Crippen LogP contribution in [0.3, 0.4) is 0 Å². The van der Waals surface area contributed by atoms with Crippen molar-refractivity contribution < 1.29 is 9.90 Å². The number of hydrogen-bond acceptors (Lipinski definition) is 3. The number of pyridine rings is 1. The molecule has 0 atom stereocenters. The number of nitriles is 1. The Balaban J connectivity index is 2.08. The lowest BCUT2D eigenvalue weighted by atomic mass is 10.1. The van der Waals surface area contributed by atoms with Crippen LogP contribution in [0.2, 0.25) is 0 Å². The quantitative estimate of drug-likeness (QED) is 0.770. The standard InChI is InChI=1S/C15H9N3O2/c16-7-10-1-3-11(4-2-10)13-9-18-8-12(15(19)20)5-6-14(18)17-13/h1-6,8-9H,(H,19,20). The summed E-state index contributed by atoms with van der Waals surface area (Å²) in [6, 6.07) is 12.3. The number of rotatable bonds is 2. The van der Waals surface area contributed by atoms with Crippen molar-refractivity contribution in [1.29, 1.82) is 5.26 Å². The molecule has 20 heavy (non-hydrogen) atoms. The van der Waals surface area contributed by atoms with Gasteiger partial charge in [-0.1, -0.05) is 12.1 Å². The Labute approximate surface area is 114 Å². The largest absolute Gasteiger partial charge is 0.478 e. The summed E-state index contributed by atoms with van der Waals surface area (Å²) < 4.78 is 1.68. The second kappa shape index (κ2) is 4.52. The van der Waals surface area contributed by atoms with Gasteiger partial charge in [0.25, 0.3) is 0 Å². The van der Waals surface area contributed by atoms with Crippen LogP contribution in [-0.4, -0.2) is 20.5 Å². The molecular weight excluding hydrogens is 254 g/mol. The highest BCUT2D eigenvalue weighted by molar-refractivity contribution is 5.87. The van der Waals surface area contributed by atoms with Crippen molar-refractivity contribution in [3.63, 3.8) is 0 Å². The number of carboxylic acid groups (broad SMARTS) is 1. The normalized spacial score (nSPS) is 10.3. The summed E-state index contributed by atoms with van der Waals surface area (Å²) in [5, 5.41) is 17.7. The number of aromatic carboxylic acids is 1. The summed E-state index contributed by atoms with van der Waals surface area (Å²) in [7, 11) is 0. The van der Waals surface area contributed by atoms with Crippen LogP contribution in [0.5, 0.6) is 0 Å². The fourth-order valence-corrected chi connectivity index (χ4v) is 1.97. The number of hydrogen-bond donors (Lipinski definition) is 1. The molecule has 3 rings (SSSR count). The minimum absolute atomic E-state index is 0.210. The topological polar surface area (TPSA) is 78.4 Å². The Bertz CT molecular complexity index is 842. The minimum atomic E-state index is -0.972. The molecule has 5 nitrogen and oxygen atoms in total. The Kier molecular flexibility index (Phi) is 2.70. The third-order valence-electron chi connectivity index (χ3n) is 3.01. The zero-order chi connectivity index (χ0) is 14.1. The SMILES string of the molecule is N#Cc1ccc(-c2cn3cc(C(=O)O)ccc3n2)cc1. The van der Waals surface area contributed by atoms with Crippen LogP contribution in [0.15, 0.2) is 48.8 Å². The molecule has 0 radical (unpaired) electrons. The molecule has 0 bridgehead atoms. The molecule has 0 fully saturated rings. The molecule has 2 aromatic heterocycles. The van der Waals surface area contributed by atoms with Gasteiger partial charge in [0.15, 0.2) is 0 Å². The van der Waals surface area contributed by atoms with E-state index in [1.807, 2.05) is 12.1 Å². The van der Waals surface area contributed by atoms with Crippen LogP contribution in [0.1, 0.15) is 15.9 Å². The lowest BCUT2D eigenvalue weighted by molar-refractivity contribution is 0.0696. The average Bonchev–Trinajstić information content (AvgIpc) is 2.90. The van der Waals surface area contributed by atoms with E-state index < -0.39 is 5.97 Å². The Morgan fingerprint density at radius 3 is 2.55 bits per heavy atom. The van der Waals surface area contributed by atoms with E-state index in [0.717, 1.165) is 11.3 Å². The summed E-state index contributed by atoms with van der Waals surface area (Å²) in [4.78, 5) is 15.4. The molecule has 0 saturated carbocycles. The molecule has 0 unspecified atom stereocenters. The Morgan fingerprint density at radius 1 is 1.15 bits per heavy atom. The maximum absolute atomic E-state index is 10.9. The zero-order valence-electron chi connectivity index (χ0n) is 10.3. The average molecular weight is 263 g/mol. The molecule has 0 amide bonds. The van der Waals surface area contributed by atoms with E-state index >= 15 is 0 Å².